The van der Waals surface area contributed by atoms with Crippen LogP contribution in [0.3, 0.4) is 0 Å². The lowest BCUT2D eigenvalue weighted by atomic mass is 9.96. The van der Waals surface area contributed by atoms with E-state index in [0.29, 0.717) is 5.56 Å². The SMILES string of the molecule is O=C(O)Cn1ncc2cc(-c3ccc(F)c(C(c4cccs4)N4CCNCC4)c3)ccc21. The zero-order chi connectivity index (χ0) is 22.1. The molecule has 4 aromatic rings. The zero-order valence-electron chi connectivity index (χ0n) is 17.4. The molecule has 164 valence electrons. The Balaban J connectivity index is 1.55. The molecule has 1 saturated heterocycles. The van der Waals surface area contributed by atoms with E-state index in [1.165, 1.54) is 4.68 Å². The number of halogens is 1. The summed E-state index contributed by atoms with van der Waals surface area (Å²) in [6.45, 7) is 3.32. The van der Waals surface area contributed by atoms with Gasteiger partial charge in [-0.25, -0.2) is 4.39 Å². The molecule has 1 fully saturated rings. The Morgan fingerprint density at radius 2 is 1.94 bits per heavy atom. The number of carbonyl (C=O) groups is 1. The highest BCUT2D eigenvalue weighted by Gasteiger charge is 2.27. The van der Waals surface area contributed by atoms with E-state index < -0.39 is 5.97 Å². The summed E-state index contributed by atoms with van der Waals surface area (Å²) in [5.74, 6) is -1.14. The fraction of sp³-hybridized carbons (Fsp3) is 0.250. The summed E-state index contributed by atoms with van der Waals surface area (Å²) in [7, 11) is 0. The molecule has 6 nitrogen and oxygen atoms in total. The number of benzene rings is 2. The third kappa shape index (κ3) is 4.04. The van der Waals surface area contributed by atoms with E-state index in [4.69, 9.17) is 5.11 Å². The van der Waals surface area contributed by atoms with Crippen LogP contribution in [0.25, 0.3) is 22.0 Å². The van der Waals surface area contributed by atoms with Gasteiger partial charge in [0.05, 0.1) is 17.8 Å². The number of nitrogens with one attached hydrogen (secondary N) is 1. The minimum Gasteiger partial charge on any atom is -0.480 e. The minimum absolute atomic E-state index is 0.126. The highest BCUT2D eigenvalue weighted by Crippen LogP contribution is 2.36. The van der Waals surface area contributed by atoms with Gasteiger partial charge in [0.1, 0.15) is 12.4 Å². The van der Waals surface area contributed by atoms with Crippen LogP contribution in [-0.4, -0.2) is 51.9 Å². The molecular weight excluding hydrogens is 427 g/mol. The van der Waals surface area contributed by atoms with Crippen molar-refractivity contribution in [2.45, 2.75) is 12.6 Å². The number of carboxylic acids is 1. The van der Waals surface area contributed by atoms with Crippen LogP contribution in [0.1, 0.15) is 16.5 Å². The first-order chi connectivity index (χ1) is 15.6. The van der Waals surface area contributed by atoms with E-state index in [0.717, 1.165) is 53.1 Å². The van der Waals surface area contributed by atoms with E-state index in [1.54, 1.807) is 29.7 Å². The molecule has 2 aromatic carbocycles. The first-order valence-electron chi connectivity index (χ1n) is 10.6. The summed E-state index contributed by atoms with van der Waals surface area (Å²) in [4.78, 5) is 14.5. The van der Waals surface area contributed by atoms with Crippen molar-refractivity contribution in [2.24, 2.45) is 0 Å². The summed E-state index contributed by atoms with van der Waals surface area (Å²) >= 11 is 1.65. The Morgan fingerprint density at radius 1 is 1.16 bits per heavy atom. The molecule has 2 N–H and O–H groups in total. The molecule has 0 radical (unpaired) electrons. The summed E-state index contributed by atoms with van der Waals surface area (Å²) in [5, 5.41) is 19.5. The first kappa shape index (κ1) is 20.8. The number of hydrogen-bond acceptors (Lipinski definition) is 5. The average Bonchev–Trinajstić information content (AvgIpc) is 3.46. The third-order valence-corrected chi connectivity index (χ3v) is 6.80. The normalized spacial score (nSPS) is 15.8. The Morgan fingerprint density at radius 3 is 2.69 bits per heavy atom. The Hall–Kier alpha value is -3.07. The lowest BCUT2D eigenvalue weighted by Crippen LogP contribution is -2.45. The molecule has 1 aliphatic heterocycles. The molecule has 0 spiro atoms. The van der Waals surface area contributed by atoms with Crippen LogP contribution in [0, 0.1) is 5.82 Å². The molecule has 2 aromatic heterocycles. The van der Waals surface area contributed by atoms with Gasteiger partial charge in [0, 0.05) is 42.0 Å². The van der Waals surface area contributed by atoms with Gasteiger partial charge in [0.25, 0.3) is 0 Å². The maximum Gasteiger partial charge on any atom is 0.325 e. The maximum absolute atomic E-state index is 15.2. The molecule has 32 heavy (non-hydrogen) atoms. The monoisotopic (exact) mass is 450 g/mol. The molecule has 1 unspecified atom stereocenters. The maximum atomic E-state index is 15.2. The van der Waals surface area contributed by atoms with Crippen LogP contribution in [-0.2, 0) is 11.3 Å². The fourth-order valence-electron chi connectivity index (χ4n) is 4.37. The van der Waals surface area contributed by atoms with Gasteiger partial charge < -0.3 is 10.4 Å². The van der Waals surface area contributed by atoms with Gasteiger partial charge in [0.2, 0.25) is 0 Å². The number of hydrogen-bond donors (Lipinski definition) is 2. The predicted octanol–water partition coefficient (Wildman–Crippen LogP) is 3.98. The van der Waals surface area contributed by atoms with Crippen molar-refractivity contribution in [3.05, 3.63) is 76.4 Å². The standard InChI is InChI=1S/C24H23FN4O2S/c25-20-5-3-17(16-4-6-21-18(12-16)14-27-29(21)15-23(30)31)13-19(20)24(22-2-1-11-32-22)28-9-7-26-8-10-28/h1-6,11-14,24,26H,7-10,15H2,(H,30,31). The molecule has 0 bridgehead atoms. The number of aliphatic carboxylic acids is 1. The van der Waals surface area contributed by atoms with Crippen molar-refractivity contribution in [3.8, 4) is 11.1 Å². The highest BCUT2D eigenvalue weighted by molar-refractivity contribution is 7.10. The van der Waals surface area contributed by atoms with Crippen LogP contribution in [0.15, 0.2) is 60.1 Å². The van der Waals surface area contributed by atoms with Crippen molar-refractivity contribution >= 4 is 28.2 Å². The van der Waals surface area contributed by atoms with Gasteiger partial charge in [-0.05, 0) is 46.8 Å². The summed E-state index contributed by atoms with van der Waals surface area (Å²) in [5.41, 5.74) is 3.30. The molecule has 1 aliphatic rings. The van der Waals surface area contributed by atoms with E-state index >= 15 is 4.39 Å². The lowest BCUT2D eigenvalue weighted by molar-refractivity contribution is -0.137. The number of aromatic nitrogens is 2. The van der Waals surface area contributed by atoms with Crippen LogP contribution in [0.5, 0.6) is 0 Å². The quantitative estimate of drug-likeness (QED) is 0.465. The second-order valence-electron chi connectivity index (χ2n) is 7.91. The van der Waals surface area contributed by atoms with Crippen LogP contribution in [0.2, 0.25) is 0 Å². The summed E-state index contributed by atoms with van der Waals surface area (Å²) in [6.07, 6.45) is 1.67. The molecule has 8 heteroatoms. The van der Waals surface area contributed by atoms with E-state index in [2.05, 4.69) is 21.4 Å². The van der Waals surface area contributed by atoms with Gasteiger partial charge in [-0.15, -0.1) is 11.3 Å². The average molecular weight is 451 g/mol. The van der Waals surface area contributed by atoms with Crippen LogP contribution < -0.4 is 5.32 Å². The number of carboxylic acid groups (broad SMARTS) is 1. The van der Waals surface area contributed by atoms with Gasteiger partial charge >= 0.3 is 5.97 Å². The molecular formula is C24H23FN4O2S. The van der Waals surface area contributed by atoms with Gasteiger partial charge in [-0.3, -0.25) is 14.4 Å². The molecule has 5 rings (SSSR count). The zero-order valence-corrected chi connectivity index (χ0v) is 18.2. The second-order valence-corrected chi connectivity index (χ2v) is 8.89. The fourth-order valence-corrected chi connectivity index (χ4v) is 5.25. The topological polar surface area (TPSA) is 70.4 Å². The number of rotatable bonds is 6. The van der Waals surface area contributed by atoms with E-state index in [-0.39, 0.29) is 18.4 Å². The minimum atomic E-state index is -0.935. The lowest BCUT2D eigenvalue weighted by Gasteiger charge is -2.35. The third-order valence-electron chi connectivity index (χ3n) is 5.88. The summed E-state index contributed by atoms with van der Waals surface area (Å²) in [6, 6.07) is 15.0. The Labute approximate surface area is 188 Å². The largest absolute Gasteiger partial charge is 0.480 e. The highest BCUT2D eigenvalue weighted by atomic mass is 32.1. The smallest absolute Gasteiger partial charge is 0.325 e. The van der Waals surface area contributed by atoms with Gasteiger partial charge in [-0.2, -0.15) is 5.10 Å². The summed E-state index contributed by atoms with van der Waals surface area (Å²) < 4.78 is 16.6. The van der Waals surface area contributed by atoms with Gasteiger partial charge in [0.15, 0.2) is 0 Å². The number of fused-ring (bicyclic) bond motifs is 1. The van der Waals surface area contributed by atoms with Crippen molar-refractivity contribution in [1.82, 2.24) is 20.0 Å². The van der Waals surface area contributed by atoms with Crippen molar-refractivity contribution in [2.75, 3.05) is 26.2 Å². The van der Waals surface area contributed by atoms with Crippen LogP contribution >= 0.6 is 11.3 Å². The molecule has 0 aliphatic carbocycles. The van der Waals surface area contributed by atoms with E-state index in [9.17, 15) is 4.79 Å². The number of piperazine rings is 1. The molecule has 0 amide bonds. The van der Waals surface area contributed by atoms with Crippen molar-refractivity contribution < 1.29 is 14.3 Å². The molecule has 3 heterocycles. The first-order valence-corrected chi connectivity index (χ1v) is 11.4. The van der Waals surface area contributed by atoms with Gasteiger partial charge in [-0.1, -0.05) is 18.2 Å². The molecule has 0 saturated carbocycles. The molecule has 1 atom stereocenters. The Bertz CT molecular complexity index is 1250. The predicted molar refractivity (Wildman–Crippen MR) is 123 cm³/mol. The van der Waals surface area contributed by atoms with E-state index in [1.807, 2.05) is 35.7 Å². The Kier molecular flexibility index (Phi) is 5.73. The van der Waals surface area contributed by atoms with Crippen molar-refractivity contribution in [3.63, 3.8) is 0 Å². The second kappa shape index (κ2) is 8.82. The van der Waals surface area contributed by atoms with Crippen molar-refractivity contribution in [1.29, 1.82) is 0 Å². The number of nitrogens with zero attached hydrogens (tertiary/aromatic N) is 3. The van der Waals surface area contributed by atoms with Crippen LogP contribution in [0.4, 0.5) is 4.39 Å². The number of thiophene rings is 1.